The molecule has 1 aromatic rings. The summed E-state index contributed by atoms with van der Waals surface area (Å²) < 4.78 is 39.6. The highest BCUT2D eigenvalue weighted by Crippen LogP contribution is 2.39. The molecule has 1 atom stereocenters. The Morgan fingerprint density at radius 3 is 2.50 bits per heavy atom. The standard InChI is InChI=1S/C14H20F3N3/c1-18-10-4-5-13(12(8-10)14(15,16)17)20-7-6-11(9-20)19(2)3/h4-5,8,11,18H,6-7,9H2,1-3H3/t11-/m0/s1. The molecule has 0 unspecified atom stereocenters. The van der Waals surface area contributed by atoms with Crippen LogP contribution in [0.5, 0.6) is 0 Å². The molecule has 0 radical (unpaired) electrons. The summed E-state index contributed by atoms with van der Waals surface area (Å²) in [6.07, 6.45) is -3.45. The van der Waals surface area contributed by atoms with Gasteiger partial charge in [-0.3, -0.25) is 0 Å². The van der Waals surface area contributed by atoms with E-state index in [1.165, 1.54) is 6.07 Å². The first kappa shape index (κ1) is 15.0. The molecule has 1 aromatic carbocycles. The minimum absolute atomic E-state index is 0.279. The van der Waals surface area contributed by atoms with Gasteiger partial charge in [-0.25, -0.2) is 0 Å². The number of benzene rings is 1. The maximum absolute atomic E-state index is 13.2. The Hall–Kier alpha value is -1.43. The minimum atomic E-state index is -4.33. The summed E-state index contributed by atoms with van der Waals surface area (Å²) in [5.74, 6) is 0. The van der Waals surface area contributed by atoms with Gasteiger partial charge in [-0.2, -0.15) is 13.2 Å². The monoisotopic (exact) mass is 287 g/mol. The van der Waals surface area contributed by atoms with Crippen LogP contribution in [0.4, 0.5) is 24.5 Å². The van der Waals surface area contributed by atoms with Gasteiger partial charge in [0.05, 0.1) is 5.56 Å². The molecular weight excluding hydrogens is 267 g/mol. The third kappa shape index (κ3) is 3.00. The summed E-state index contributed by atoms with van der Waals surface area (Å²) in [5.41, 5.74) is 0.189. The Labute approximate surface area is 117 Å². The molecule has 20 heavy (non-hydrogen) atoms. The van der Waals surface area contributed by atoms with Crippen LogP contribution in [0.3, 0.4) is 0 Å². The fourth-order valence-corrected chi connectivity index (χ4v) is 2.58. The molecule has 0 aliphatic carbocycles. The second kappa shape index (κ2) is 5.52. The molecule has 0 saturated carbocycles. The average Bonchev–Trinajstić information content (AvgIpc) is 2.86. The van der Waals surface area contributed by atoms with E-state index < -0.39 is 11.7 Å². The fourth-order valence-electron chi connectivity index (χ4n) is 2.58. The van der Waals surface area contributed by atoms with Gasteiger partial charge >= 0.3 is 6.18 Å². The van der Waals surface area contributed by atoms with Gasteiger partial charge in [0, 0.05) is 37.6 Å². The summed E-state index contributed by atoms with van der Waals surface area (Å²) in [4.78, 5) is 3.89. The van der Waals surface area contributed by atoms with E-state index in [0.29, 0.717) is 24.8 Å². The summed E-state index contributed by atoms with van der Waals surface area (Å²) in [7, 11) is 5.54. The first-order valence-electron chi connectivity index (χ1n) is 6.63. The third-order valence-electron chi connectivity index (χ3n) is 3.82. The van der Waals surface area contributed by atoms with Crippen LogP contribution < -0.4 is 10.2 Å². The highest BCUT2D eigenvalue weighted by atomic mass is 19.4. The van der Waals surface area contributed by atoms with Gasteiger partial charge in [-0.1, -0.05) is 0 Å². The molecular formula is C14H20F3N3. The van der Waals surface area contributed by atoms with Crippen LogP contribution in [0, 0.1) is 0 Å². The van der Waals surface area contributed by atoms with Crippen molar-refractivity contribution in [3.8, 4) is 0 Å². The molecule has 112 valence electrons. The van der Waals surface area contributed by atoms with Gasteiger partial charge in [0.15, 0.2) is 0 Å². The predicted molar refractivity (Wildman–Crippen MR) is 75.3 cm³/mol. The zero-order valence-electron chi connectivity index (χ0n) is 12.0. The van der Waals surface area contributed by atoms with E-state index in [2.05, 4.69) is 10.2 Å². The van der Waals surface area contributed by atoms with Crippen LogP contribution in [0.15, 0.2) is 18.2 Å². The second-order valence-corrected chi connectivity index (χ2v) is 5.33. The van der Waals surface area contributed by atoms with Crippen molar-refractivity contribution >= 4 is 11.4 Å². The highest BCUT2D eigenvalue weighted by molar-refractivity contribution is 5.62. The lowest BCUT2D eigenvalue weighted by Gasteiger charge is -2.25. The molecule has 1 N–H and O–H groups in total. The van der Waals surface area contributed by atoms with Gasteiger partial charge in [-0.05, 0) is 38.7 Å². The number of hydrogen-bond donors (Lipinski definition) is 1. The Bertz CT molecular complexity index is 471. The van der Waals surface area contributed by atoms with E-state index in [0.717, 1.165) is 6.42 Å². The number of likely N-dealkylation sites (N-methyl/N-ethyl adjacent to an activating group) is 1. The largest absolute Gasteiger partial charge is 0.418 e. The summed E-state index contributed by atoms with van der Waals surface area (Å²) >= 11 is 0. The van der Waals surface area contributed by atoms with E-state index in [9.17, 15) is 13.2 Å². The molecule has 6 heteroatoms. The Morgan fingerprint density at radius 1 is 1.30 bits per heavy atom. The lowest BCUT2D eigenvalue weighted by molar-refractivity contribution is -0.137. The number of halogens is 3. The van der Waals surface area contributed by atoms with Crippen molar-refractivity contribution < 1.29 is 13.2 Å². The van der Waals surface area contributed by atoms with Crippen molar-refractivity contribution in [2.24, 2.45) is 0 Å². The van der Waals surface area contributed by atoms with Crippen molar-refractivity contribution in [3.63, 3.8) is 0 Å². The van der Waals surface area contributed by atoms with Gasteiger partial charge in [-0.15, -0.1) is 0 Å². The number of nitrogens with one attached hydrogen (secondary N) is 1. The van der Waals surface area contributed by atoms with Crippen molar-refractivity contribution in [1.29, 1.82) is 0 Å². The van der Waals surface area contributed by atoms with Gasteiger partial charge in [0.25, 0.3) is 0 Å². The normalized spacial score (nSPS) is 19.8. The molecule has 3 nitrogen and oxygen atoms in total. The average molecular weight is 287 g/mol. The maximum Gasteiger partial charge on any atom is 0.418 e. The summed E-state index contributed by atoms with van der Waals surface area (Å²) in [5, 5.41) is 2.76. The van der Waals surface area contributed by atoms with Crippen LogP contribution in [-0.2, 0) is 6.18 Å². The van der Waals surface area contributed by atoms with Crippen LogP contribution in [0.2, 0.25) is 0 Å². The zero-order chi connectivity index (χ0) is 14.9. The zero-order valence-corrected chi connectivity index (χ0v) is 12.0. The quantitative estimate of drug-likeness (QED) is 0.922. The molecule has 1 fully saturated rings. The fraction of sp³-hybridized carbons (Fsp3) is 0.571. The molecule has 1 aliphatic rings. The Kier molecular flexibility index (Phi) is 4.13. The summed E-state index contributed by atoms with van der Waals surface area (Å²) in [6.45, 7) is 1.29. The number of alkyl halides is 3. The van der Waals surface area contributed by atoms with E-state index in [4.69, 9.17) is 0 Å². The van der Waals surface area contributed by atoms with E-state index in [-0.39, 0.29) is 5.69 Å². The molecule has 0 bridgehead atoms. The van der Waals surface area contributed by atoms with Gasteiger partial charge < -0.3 is 15.1 Å². The van der Waals surface area contributed by atoms with Crippen molar-refractivity contribution in [3.05, 3.63) is 23.8 Å². The smallest absolute Gasteiger partial charge is 0.388 e. The minimum Gasteiger partial charge on any atom is -0.388 e. The Balaban J connectivity index is 2.32. The maximum atomic E-state index is 13.2. The topological polar surface area (TPSA) is 18.5 Å². The van der Waals surface area contributed by atoms with Crippen molar-refractivity contribution in [1.82, 2.24) is 4.90 Å². The van der Waals surface area contributed by atoms with Crippen molar-refractivity contribution in [2.45, 2.75) is 18.6 Å². The van der Waals surface area contributed by atoms with Crippen molar-refractivity contribution in [2.75, 3.05) is 44.4 Å². The lowest BCUT2D eigenvalue weighted by atomic mass is 10.1. The number of nitrogens with zero attached hydrogens (tertiary/aromatic N) is 2. The van der Waals surface area contributed by atoms with E-state index in [1.807, 2.05) is 19.0 Å². The SMILES string of the molecule is CNc1ccc(N2CC[C@H](N(C)C)C2)c(C(F)(F)F)c1. The van der Waals surface area contributed by atoms with Crippen LogP contribution in [0.1, 0.15) is 12.0 Å². The van der Waals surface area contributed by atoms with E-state index in [1.54, 1.807) is 19.2 Å². The predicted octanol–water partition coefficient (Wildman–Crippen LogP) is 2.89. The first-order valence-corrected chi connectivity index (χ1v) is 6.63. The Morgan fingerprint density at radius 2 is 2.00 bits per heavy atom. The third-order valence-corrected chi connectivity index (χ3v) is 3.82. The van der Waals surface area contributed by atoms with Crippen LogP contribution >= 0.6 is 0 Å². The number of anilines is 2. The molecule has 1 aliphatic heterocycles. The molecule has 1 saturated heterocycles. The number of rotatable bonds is 3. The molecule has 0 spiro atoms. The summed E-state index contributed by atoms with van der Waals surface area (Å²) in [6, 6.07) is 4.73. The lowest BCUT2D eigenvalue weighted by Crippen LogP contribution is -2.32. The van der Waals surface area contributed by atoms with Gasteiger partial charge in [0.2, 0.25) is 0 Å². The second-order valence-electron chi connectivity index (χ2n) is 5.33. The molecule has 1 heterocycles. The molecule has 0 aromatic heterocycles. The number of hydrogen-bond acceptors (Lipinski definition) is 3. The first-order chi connectivity index (χ1) is 9.32. The highest BCUT2D eigenvalue weighted by Gasteiger charge is 2.36. The van der Waals surface area contributed by atoms with E-state index >= 15 is 0 Å². The van der Waals surface area contributed by atoms with Gasteiger partial charge in [0.1, 0.15) is 0 Å². The molecule has 2 rings (SSSR count). The van der Waals surface area contributed by atoms with Crippen LogP contribution in [-0.4, -0.2) is 45.2 Å². The van der Waals surface area contributed by atoms with Crippen LogP contribution in [0.25, 0.3) is 0 Å². The molecule has 0 amide bonds.